The van der Waals surface area contributed by atoms with Gasteiger partial charge in [0.25, 0.3) is 0 Å². The van der Waals surface area contributed by atoms with Gasteiger partial charge in [-0.05, 0) is 49.0 Å². The lowest BCUT2D eigenvalue weighted by molar-refractivity contribution is 0.475. The Kier molecular flexibility index (Phi) is 5.76. The minimum Gasteiger partial charge on any atom is -0.0850 e. The fourth-order valence-electron chi connectivity index (χ4n) is 5.56. The molecule has 1 unspecified atom stereocenters. The summed E-state index contributed by atoms with van der Waals surface area (Å²) in [4.78, 5) is 0. The molecule has 2 saturated carbocycles. The van der Waals surface area contributed by atoms with E-state index in [0.717, 1.165) is 11.3 Å². The Bertz CT molecular complexity index is 572. The average Bonchev–Trinajstić information content (AvgIpc) is 2.71. The van der Waals surface area contributed by atoms with Gasteiger partial charge in [0.15, 0.2) is 0 Å². The van der Waals surface area contributed by atoms with Crippen LogP contribution in [0.2, 0.25) is 0 Å². The first-order valence-electron chi connectivity index (χ1n) is 10.6. The van der Waals surface area contributed by atoms with E-state index in [1.165, 1.54) is 70.6 Å². The van der Waals surface area contributed by atoms with E-state index in [9.17, 15) is 0 Å². The van der Waals surface area contributed by atoms with Crippen molar-refractivity contribution in [3.05, 3.63) is 60.2 Å². The second kappa shape index (κ2) is 8.22. The molecule has 1 aromatic carbocycles. The molecule has 0 N–H and O–H groups in total. The van der Waals surface area contributed by atoms with Gasteiger partial charge < -0.3 is 0 Å². The van der Waals surface area contributed by atoms with Crippen LogP contribution < -0.4 is 0 Å². The molecule has 0 heterocycles. The predicted molar refractivity (Wildman–Crippen MR) is 112 cm³/mol. The van der Waals surface area contributed by atoms with Crippen LogP contribution in [0.5, 0.6) is 0 Å². The topological polar surface area (TPSA) is 0 Å². The molecule has 4 rings (SSSR count). The predicted octanol–water partition coefficient (Wildman–Crippen LogP) is 7.55. The maximum Gasteiger partial charge on any atom is 0.0374 e. The Morgan fingerprint density at radius 2 is 1.32 bits per heavy atom. The molecule has 0 nitrogen and oxygen atoms in total. The molecule has 25 heavy (non-hydrogen) atoms. The fourth-order valence-corrected chi connectivity index (χ4v) is 10.3. The molecule has 1 aromatic rings. The molecule has 0 bridgehead atoms. The molecular weight excluding hydrogens is 319 g/mol. The Hall–Kier alpha value is -0.870. The molecule has 0 radical (unpaired) electrons. The van der Waals surface area contributed by atoms with Gasteiger partial charge in [-0.15, -0.1) is 0 Å². The van der Waals surface area contributed by atoms with E-state index < -0.39 is 0 Å². The average molecular weight is 353 g/mol. The van der Waals surface area contributed by atoms with Gasteiger partial charge in [-0.25, -0.2) is 0 Å². The highest BCUT2D eigenvalue weighted by Crippen LogP contribution is 2.69. The zero-order valence-electron chi connectivity index (χ0n) is 15.6. The van der Waals surface area contributed by atoms with Crippen molar-refractivity contribution >= 4 is 7.92 Å². The molecule has 0 spiro atoms. The Labute approximate surface area is 155 Å². The molecule has 2 fully saturated rings. The molecule has 1 atom stereocenters. The van der Waals surface area contributed by atoms with Crippen molar-refractivity contribution < 1.29 is 0 Å². The summed E-state index contributed by atoms with van der Waals surface area (Å²) in [5, 5.41) is 0.301. The fraction of sp³-hybridized carbons (Fsp3) is 0.583. The summed E-state index contributed by atoms with van der Waals surface area (Å²) in [6, 6.07) is 11.6. The summed E-state index contributed by atoms with van der Waals surface area (Å²) in [5.41, 5.74) is 3.57. The SMILES string of the molecule is C1=CCC(c2ccccc2)(P(C2CCCCC2)C2CCCCC2)C=C1. The highest BCUT2D eigenvalue weighted by atomic mass is 31.1. The molecule has 0 aliphatic heterocycles. The molecule has 134 valence electrons. The van der Waals surface area contributed by atoms with Gasteiger partial charge in [-0.3, -0.25) is 0 Å². The van der Waals surface area contributed by atoms with Crippen LogP contribution in [0.4, 0.5) is 0 Å². The second-order valence-corrected chi connectivity index (χ2v) is 11.3. The summed E-state index contributed by atoms with van der Waals surface area (Å²) < 4.78 is 0. The third kappa shape index (κ3) is 3.66. The van der Waals surface area contributed by atoms with Crippen molar-refractivity contribution in [2.75, 3.05) is 0 Å². The minimum atomic E-state index is -0.0138. The first kappa shape index (κ1) is 17.5. The second-order valence-electron chi connectivity index (χ2n) is 8.27. The van der Waals surface area contributed by atoms with Gasteiger partial charge in [0.05, 0.1) is 0 Å². The lowest BCUT2D eigenvalue weighted by Crippen LogP contribution is -2.34. The lowest BCUT2D eigenvalue weighted by Gasteiger charge is -2.50. The Morgan fingerprint density at radius 1 is 0.720 bits per heavy atom. The zero-order chi connectivity index (χ0) is 17.0. The highest BCUT2D eigenvalue weighted by Gasteiger charge is 2.45. The van der Waals surface area contributed by atoms with Gasteiger partial charge >= 0.3 is 0 Å². The molecular formula is C24H33P. The van der Waals surface area contributed by atoms with Crippen LogP contribution in [0.1, 0.15) is 76.2 Å². The van der Waals surface area contributed by atoms with E-state index in [0.29, 0.717) is 5.16 Å². The minimum absolute atomic E-state index is 0.0138. The third-order valence-corrected chi connectivity index (χ3v) is 10.8. The molecule has 3 aliphatic carbocycles. The van der Waals surface area contributed by atoms with Gasteiger partial charge in [0, 0.05) is 5.16 Å². The molecule has 0 aromatic heterocycles. The summed E-state index contributed by atoms with van der Waals surface area (Å²) in [6.45, 7) is 0. The van der Waals surface area contributed by atoms with Crippen LogP contribution in [0.25, 0.3) is 0 Å². The molecule has 0 saturated heterocycles. The van der Waals surface area contributed by atoms with E-state index in [-0.39, 0.29) is 7.92 Å². The maximum atomic E-state index is 2.62. The summed E-state index contributed by atoms with van der Waals surface area (Å²) in [7, 11) is -0.0138. The van der Waals surface area contributed by atoms with Crippen LogP contribution >= 0.6 is 7.92 Å². The standard InChI is InChI=1S/C24H33P/c1-5-13-21(14-6-1)24(19-11-4-12-20-24)25(22-15-7-2-8-16-22)23-17-9-3-10-18-23/h1,4-6,11-14,19,22-23H,2-3,7-10,15-18,20H2. The van der Waals surface area contributed by atoms with E-state index >= 15 is 0 Å². The van der Waals surface area contributed by atoms with E-state index in [1.54, 1.807) is 5.56 Å². The van der Waals surface area contributed by atoms with Crippen LogP contribution in [-0.4, -0.2) is 11.3 Å². The molecule has 3 aliphatic rings. The summed E-state index contributed by atoms with van der Waals surface area (Å²) in [5.74, 6) is 0. The van der Waals surface area contributed by atoms with Crippen molar-refractivity contribution in [2.45, 2.75) is 87.1 Å². The zero-order valence-corrected chi connectivity index (χ0v) is 16.5. The third-order valence-electron chi connectivity index (χ3n) is 6.72. The number of hydrogen-bond donors (Lipinski definition) is 0. The Morgan fingerprint density at radius 3 is 1.84 bits per heavy atom. The van der Waals surface area contributed by atoms with E-state index in [2.05, 4.69) is 54.6 Å². The van der Waals surface area contributed by atoms with E-state index in [1.807, 2.05) is 0 Å². The van der Waals surface area contributed by atoms with Gasteiger partial charge in [0.2, 0.25) is 0 Å². The van der Waals surface area contributed by atoms with E-state index in [4.69, 9.17) is 0 Å². The van der Waals surface area contributed by atoms with Crippen LogP contribution in [0, 0.1) is 0 Å². The maximum absolute atomic E-state index is 2.62. The van der Waals surface area contributed by atoms with Crippen molar-refractivity contribution in [1.82, 2.24) is 0 Å². The van der Waals surface area contributed by atoms with Crippen molar-refractivity contribution in [3.8, 4) is 0 Å². The quantitative estimate of drug-likeness (QED) is 0.491. The normalized spacial score (nSPS) is 28.5. The molecule has 0 amide bonds. The number of rotatable bonds is 4. The van der Waals surface area contributed by atoms with Gasteiger partial charge in [-0.1, -0.05) is 101 Å². The smallest absolute Gasteiger partial charge is 0.0374 e. The monoisotopic (exact) mass is 352 g/mol. The number of hydrogen-bond acceptors (Lipinski definition) is 0. The number of allylic oxidation sites excluding steroid dienone is 4. The molecule has 1 heteroatoms. The first-order chi connectivity index (χ1) is 12.4. The summed E-state index contributed by atoms with van der Waals surface area (Å²) >= 11 is 0. The number of benzene rings is 1. The summed E-state index contributed by atoms with van der Waals surface area (Å²) in [6.07, 6.45) is 25.7. The van der Waals surface area contributed by atoms with Crippen molar-refractivity contribution in [1.29, 1.82) is 0 Å². The van der Waals surface area contributed by atoms with Crippen LogP contribution in [0.3, 0.4) is 0 Å². The largest absolute Gasteiger partial charge is 0.0850 e. The van der Waals surface area contributed by atoms with Crippen molar-refractivity contribution in [3.63, 3.8) is 0 Å². The lowest BCUT2D eigenvalue weighted by atomic mass is 9.91. The van der Waals surface area contributed by atoms with Gasteiger partial charge in [0.1, 0.15) is 0 Å². The first-order valence-corrected chi connectivity index (χ1v) is 12.1. The van der Waals surface area contributed by atoms with Crippen molar-refractivity contribution in [2.24, 2.45) is 0 Å². The van der Waals surface area contributed by atoms with Crippen LogP contribution in [-0.2, 0) is 5.16 Å². The Balaban J connectivity index is 1.75. The highest BCUT2D eigenvalue weighted by molar-refractivity contribution is 7.60. The van der Waals surface area contributed by atoms with Gasteiger partial charge in [-0.2, -0.15) is 0 Å². The van der Waals surface area contributed by atoms with Crippen LogP contribution in [0.15, 0.2) is 54.6 Å².